The fourth-order valence-corrected chi connectivity index (χ4v) is 4.00. The highest BCUT2D eigenvalue weighted by atomic mass is 79.9. The van der Waals surface area contributed by atoms with E-state index in [4.69, 9.17) is 5.10 Å². The van der Waals surface area contributed by atoms with E-state index in [-0.39, 0.29) is 11.8 Å². The topological polar surface area (TPSA) is 72.7 Å². The molecule has 0 amide bonds. The van der Waals surface area contributed by atoms with Crippen molar-refractivity contribution in [2.24, 2.45) is 0 Å². The molecular formula is C20H16BrN5O. The average molecular weight is 422 g/mol. The van der Waals surface area contributed by atoms with E-state index in [0.717, 1.165) is 39.7 Å². The summed E-state index contributed by atoms with van der Waals surface area (Å²) in [5.74, 6) is 1.47. The number of nitrogens with one attached hydrogen (secondary N) is 1. The van der Waals surface area contributed by atoms with Crippen molar-refractivity contribution in [1.82, 2.24) is 19.7 Å². The summed E-state index contributed by atoms with van der Waals surface area (Å²) in [5.41, 5.74) is 3.70. The summed E-state index contributed by atoms with van der Waals surface area (Å²) in [6.45, 7) is 0. The van der Waals surface area contributed by atoms with E-state index in [9.17, 15) is 4.79 Å². The van der Waals surface area contributed by atoms with E-state index in [1.807, 2.05) is 41.1 Å². The number of benzene rings is 1. The molecular weight excluding hydrogens is 406 g/mol. The number of fused-ring (bicyclic) bond motifs is 1. The van der Waals surface area contributed by atoms with Crippen molar-refractivity contribution in [2.45, 2.75) is 25.3 Å². The lowest BCUT2D eigenvalue weighted by Crippen LogP contribution is -2.31. The maximum absolute atomic E-state index is 12.8. The Bertz CT molecular complexity index is 1060. The number of aromatic nitrogens is 4. The van der Waals surface area contributed by atoms with Gasteiger partial charge in [0.2, 0.25) is 5.95 Å². The molecule has 5 rings (SSSR count). The van der Waals surface area contributed by atoms with Gasteiger partial charge in [0, 0.05) is 40.1 Å². The van der Waals surface area contributed by atoms with E-state index in [0.29, 0.717) is 18.2 Å². The van der Waals surface area contributed by atoms with E-state index >= 15 is 0 Å². The highest BCUT2D eigenvalue weighted by Gasteiger charge is 2.36. The molecule has 1 aliphatic carbocycles. The van der Waals surface area contributed by atoms with Gasteiger partial charge in [-0.2, -0.15) is 4.98 Å². The first kappa shape index (κ1) is 16.4. The van der Waals surface area contributed by atoms with Gasteiger partial charge in [0.25, 0.3) is 0 Å². The quantitative estimate of drug-likeness (QED) is 0.673. The normalized spacial score (nSPS) is 18.7. The fourth-order valence-electron chi connectivity index (χ4n) is 3.73. The van der Waals surface area contributed by atoms with Crippen LogP contribution in [0.5, 0.6) is 0 Å². The molecule has 1 unspecified atom stereocenters. The third kappa shape index (κ3) is 2.78. The predicted octanol–water partition coefficient (Wildman–Crippen LogP) is 4.12. The molecule has 0 saturated carbocycles. The molecule has 27 heavy (non-hydrogen) atoms. The lowest BCUT2D eigenvalue weighted by atomic mass is 9.85. The maximum atomic E-state index is 12.8. The molecule has 7 heteroatoms. The minimum atomic E-state index is -0.264. The first-order valence-electron chi connectivity index (χ1n) is 8.86. The van der Waals surface area contributed by atoms with Crippen molar-refractivity contribution in [2.75, 3.05) is 5.32 Å². The van der Waals surface area contributed by atoms with E-state index in [1.165, 1.54) is 0 Å². The molecule has 3 aromatic rings. The number of pyridine rings is 1. The van der Waals surface area contributed by atoms with Crippen LogP contribution in [0.25, 0.3) is 11.4 Å². The van der Waals surface area contributed by atoms with Crippen LogP contribution in [0.1, 0.15) is 30.9 Å². The van der Waals surface area contributed by atoms with Crippen LogP contribution >= 0.6 is 15.9 Å². The molecule has 1 aromatic carbocycles. The minimum Gasteiger partial charge on any atom is -0.328 e. The molecule has 1 N–H and O–H groups in total. The number of hydrogen-bond acceptors (Lipinski definition) is 5. The Morgan fingerprint density at radius 3 is 2.63 bits per heavy atom. The number of rotatable bonds is 2. The van der Waals surface area contributed by atoms with Crippen LogP contribution in [0.3, 0.4) is 0 Å². The van der Waals surface area contributed by atoms with Crippen LogP contribution in [0.2, 0.25) is 0 Å². The van der Waals surface area contributed by atoms with Crippen molar-refractivity contribution in [3.8, 4) is 11.4 Å². The molecule has 2 aromatic heterocycles. The molecule has 1 aliphatic heterocycles. The lowest BCUT2D eigenvalue weighted by Gasteiger charge is -2.32. The highest BCUT2D eigenvalue weighted by molar-refractivity contribution is 9.10. The second-order valence-electron chi connectivity index (χ2n) is 6.69. The van der Waals surface area contributed by atoms with Crippen molar-refractivity contribution in [1.29, 1.82) is 0 Å². The summed E-state index contributed by atoms with van der Waals surface area (Å²) in [6.07, 6.45) is 5.74. The van der Waals surface area contributed by atoms with Crippen LogP contribution in [0, 0.1) is 0 Å². The maximum Gasteiger partial charge on any atom is 0.226 e. The van der Waals surface area contributed by atoms with Gasteiger partial charge in [0.05, 0.1) is 0 Å². The summed E-state index contributed by atoms with van der Waals surface area (Å²) < 4.78 is 2.83. The van der Waals surface area contributed by atoms with E-state index < -0.39 is 0 Å². The molecule has 3 heterocycles. The summed E-state index contributed by atoms with van der Waals surface area (Å²) in [6, 6.07) is 11.5. The van der Waals surface area contributed by atoms with Gasteiger partial charge < -0.3 is 5.32 Å². The Labute approximate surface area is 164 Å². The molecule has 1 atom stereocenters. The molecule has 2 aliphatic rings. The van der Waals surface area contributed by atoms with Gasteiger partial charge in [-0.25, -0.2) is 4.68 Å². The highest BCUT2D eigenvalue weighted by Crippen LogP contribution is 2.40. The Kier molecular flexibility index (Phi) is 3.89. The zero-order valence-corrected chi connectivity index (χ0v) is 16.0. The number of nitrogens with zero attached hydrogens (tertiary/aromatic N) is 4. The number of halogens is 1. The molecule has 134 valence electrons. The van der Waals surface area contributed by atoms with Crippen LogP contribution in [0.4, 0.5) is 5.95 Å². The van der Waals surface area contributed by atoms with Crippen LogP contribution in [0.15, 0.2) is 64.5 Å². The van der Waals surface area contributed by atoms with Gasteiger partial charge in [-0.1, -0.05) is 28.1 Å². The number of carbonyl (C=O) groups is 1. The van der Waals surface area contributed by atoms with E-state index in [2.05, 4.69) is 31.2 Å². The summed E-state index contributed by atoms with van der Waals surface area (Å²) in [5, 5.41) is 8.10. The lowest BCUT2D eigenvalue weighted by molar-refractivity contribution is -0.116. The molecule has 6 nitrogen and oxygen atoms in total. The number of carbonyl (C=O) groups excluding carboxylic acids is 1. The Morgan fingerprint density at radius 2 is 1.85 bits per heavy atom. The van der Waals surface area contributed by atoms with Crippen LogP contribution in [-0.4, -0.2) is 25.5 Å². The third-order valence-electron chi connectivity index (χ3n) is 4.99. The summed E-state index contributed by atoms with van der Waals surface area (Å²) in [7, 11) is 0. The van der Waals surface area contributed by atoms with Crippen molar-refractivity contribution in [3.63, 3.8) is 0 Å². The minimum absolute atomic E-state index is 0.184. The number of ketones is 1. The van der Waals surface area contributed by atoms with Gasteiger partial charge in [0.15, 0.2) is 11.6 Å². The number of Topliss-reactive ketones (excluding diaryl/α,β-unsaturated/α-hetero) is 1. The summed E-state index contributed by atoms with van der Waals surface area (Å²) >= 11 is 3.48. The van der Waals surface area contributed by atoms with Gasteiger partial charge in [0.1, 0.15) is 6.04 Å². The van der Waals surface area contributed by atoms with E-state index in [1.54, 1.807) is 12.4 Å². The smallest absolute Gasteiger partial charge is 0.226 e. The summed E-state index contributed by atoms with van der Waals surface area (Å²) in [4.78, 5) is 21.5. The Balaban J connectivity index is 1.68. The van der Waals surface area contributed by atoms with Gasteiger partial charge in [-0.05, 0) is 42.7 Å². The average Bonchev–Trinajstić information content (AvgIpc) is 3.12. The number of allylic oxidation sites excluding steroid dienone is 2. The number of anilines is 1. The first-order chi connectivity index (χ1) is 13.2. The second-order valence-corrected chi connectivity index (χ2v) is 7.60. The monoisotopic (exact) mass is 421 g/mol. The molecule has 0 bridgehead atoms. The van der Waals surface area contributed by atoms with Gasteiger partial charge in [-0.15, -0.1) is 5.10 Å². The SMILES string of the molecule is O=C1CCCC2=C1C(c1ccc(Br)cc1)n1nc(-c3ccncc3)nc1N2. The zero-order chi connectivity index (χ0) is 18.4. The molecule has 0 spiro atoms. The standard InChI is InChI=1S/C20H16BrN5O/c21-14-6-4-12(5-7-14)18-17-15(2-1-3-16(17)27)23-20-24-19(25-26(18)20)13-8-10-22-11-9-13/h4-11,18H,1-3H2,(H,23,24,25). The largest absolute Gasteiger partial charge is 0.328 e. The fraction of sp³-hybridized carbons (Fsp3) is 0.200. The Morgan fingerprint density at radius 1 is 1.07 bits per heavy atom. The zero-order valence-electron chi connectivity index (χ0n) is 14.4. The van der Waals surface area contributed by atoms with Crippen LogP contribution in [-0.2, 0) is 4.79 Å². The molecule has 0 radical (unpaired) electrons. The second kappa shape index (κ2) is 6.42. The van der Waals surface area contributed by atoms with Gasteiger partial charge in [-0.3, -0.25) is 9.78 Å². The van der Waals surface area contributed by atoms with Crippen molar-refractivity contribution in [3.05, 3.63) is 70.1 Å². The molecule has 0 fully saturated rings. The predicted molar refractivity (Wildman–Crippen MR) is 105 cm³/mol. The molecule has 0 saturated heterocycles. The van der Waals surface area contributed by atoms with Crippen molar-refractivity contribution >= 4 is 27.7 Å². The van der Waals surface area contributed by atoms with Crippen LogP contribution < -0.4 is 5.32 Å². The van der Waals surface area contributed by atoms with Gasteiger partial charge >= 0.3 is 0 Å². The van der Waals surface area contributed by atoms with Crippen molar-refractivity contribution < 1.29 is 4.79 Å². The Hall–Kier alpha value is -2.80. The number of hydrogen-bond donors (Lipinski definition) is 1. The first-order valence-corrected chi connectivity index (χ1v) is 9.65. The third-order valence-corrected chi connectivity index (χ3v) is 5.52.